The normalized spacial score (nSPS) is 22.0. The van der Waals surface area contributed by atoms with E-state index in [1.165, 1.54) is 51.1 Å². The van der Waals surface area contributed by atoms with Gasteiger partial charge in [-0.1, -0.05) is 26.0 Å². The van der Waals surface area contributed by atoms with E-state index in [4.69, 9.17) is 4.74 Å². The van der Waals surface area contributed by atoms with Gasteiger partial charge < -0.3 is 9.64 Å². The number of benzene rings is 1. The van der Waals surface area contributed by atoms with Crippen LogP contribution in [-0.2, 0) is 6.54 Å². The van der Waals surface area contributed by atoms with Gasteiger partial charge in [0.1, 0.15) is 5.75 Å². The Bertz CT molecular complexity index is 467. The largest absolute Gasteiger partial charge is 0.497 e. The molecule has 0 bridgehead atoms. The summed E-state index contributed by atoms with van der Waals surface area (Å²) in [6, 6.07) is 8.51. The lowest BCUT2D eigenvalue weighted by Crippen LogP contribution is -2.59. The van der Waals surface area contributed by atoms with E-state index >= 15 is 0 Å². The molecule has 2 aliphatic heterocycles. The van der Waals surface area contributed by atoms with E-state index in [2.05, 4.69) is 47.9 Å². The summed E-state index contributed by atoms with van der Waals surface area (Å²) in [5, 5.41) is 0. The summed E-state index contributed by atoms with van der Waals surface area (Å²) in [6.07, 6.45) is 2.78. The fourth-order valence-electron chi connectivity index (χ4n) is 4.05. The van der Waals surface area contributed by atoms with Crippen molar-refractivity contribution >= 4 is 0 Å². The molecule has 0 atom stereocenters. The number of piperidine rings is 1. The summed E-state index contributed by atoms with van der Waals surface area (Å²) in [7, 11) is 1.72. The molecule has 0 aliphatic carbocycles. The van der Waals surface area contributed by atoms with E-state index in [0.29, 0.717) is 5.41 Å². The minimum atomic E-state index is 0.625. The highest BCUT2D eigenvalue weighted by Gasteiger charge is 2.44. The summed E-state index contributed by atoms with van der Waals surface area (Å²) in [5.74, 6) is 1.74. The van der Waals surface area contributed by atoms with Crippen molar-refractivity contribution in [3.8, 4) is 5.75 Å². The van der Waals surface area contributed by atoms with Gasteiger partial charge in [-0.15, -0.1) is 0 Å². The Hall–Kier alpha value is -1.06. The molecule has 1 aromatic rings. The Morgan fingerprint density at radius 2 is 1.68 bits per heavy atom. The Kier molecular flexibility index (Phi) is 4.74. The molecule has 0 saturated carbocycles. The summed E-state index contributed by atoms with van der Waals surface area (Å²) in [4.78, 5) is 5.25. The molecule has 2 fully saturated rings. The molecule has 2 aliphatic rings. The highest BCUT2D eigenvalue weighted by molar-refractivity contribution is 5.27. The van der Waals surface area contributed by atoms with Crippen molar-refractivity contribution in [2.24, 2.45) is 11.3 Å². The number of methoxy groups -OCH3 is 1. The van der Waals surface area contributed by atoms with Gasteiger partial charge in [-0.25, -0.2) is 0 Å². The van der Waals surface area contributed by atoms with Crippen LogP contribution in [0.3, 0.4) is 0 Å². The SMILES string of the molecule is COc1ccc(CN2CC3(CCN(CC(C)C)CC3)C2)cc1. The predicted octanol–water partition coefficient (Wildman–Crippen LogP) is 3.25. The first-order chi connectivity index (χ1) is 10.6. The highest BCUT2D eigenvalue weighted by Crippen LogP contribution is 2.41. The third-order valence-corrected chi connectivity index (χ3v) is 5.22. The third kappa shape index (κ3) is 3.64. The number of hydrogen-bond acceptors (Lipinski definition) is 3. The fourth-order valence-corrected chi connectivity index (χ4v) is 4.05. The van der Waals surface area contributed by atoms with Crippen molar-refractivity contribution in [1.82, 2.24) is 9.80 Å². The first-order valence-electron chi connectivity index (χ1n) is 8.66. The number of ether oxygens (including phenoxy) is 1. The Morgan fingerprint density at radius 3 is 2.23 bits per heavy atom. The Balaban J connectivity index is 1.44. The first-order valence-corrected chi connectivity index (χ1v) is 8.66. The second-order valence-electron chi connectivity index (χ2n) is 7.69. The lowest BCUT2D eigenvalue weighted by molar-refractivity contribution is -0.0524. The van der Waals surface area contributed by atoms with Crippen LogP contribution in [-0.4, -0.2) is 49.6 Å². The molecule has 0 unspecified atom stereocenters. The molecular formula is C19H30N2O. The van der Waals surface area contributed by atoms with Crippen molar-refractivity contribution in [2.75, 3.05) is 39.8 Å². The molecule has 22 heavy (non-hydrogen) atoms. The minimum Gasteiger partial charge on any atom is -0.497 e. The molecule has 2 heterocycles. The van der Waals surface area contributed by atoms with Crippen LogP contribution in [0.1, 0.15) is 32.3 Å². The molecule has 2 saturated heterocycles. The number of likely N-dealkylation sites (tertiary alicyclic amines) is 2. The standard InChI is InChI=1S/C19H30N2O/c1-16(2)12-20-10-8-19(9-11-20)14-21(15-19)13-17-4-6-18(22-3)7-5-17/h4-7,16H,8-15H2,1-3H3. The van der Waals surface area contributed by atoms with Crippen molar-refractivity contribution in [3.05, 3.63) is 29.8 Å². The van der Waals surface area contributed by atoms with Gasteiger partial charge in [0, 0.05) is 26.2 Å². The van der Waals surface area contributed by atoms with Gasteiger partial charge in [-0.05, 0) is 55.0 Å². The van der Waals surface area contributed by atoms with Gasteiger partial charge in [-0.2, -0.15) is 0 Å². The van der Waals surface area contributed by atoms with Crippen molar-refractivity contribution in [2.45, 2.75) is 33.2 Å². The lowest BCUT2D eigenvalue weighted by Gasteiger charge is -2.54. The average molecular weight is 302 g/mol. The number of hydrogen-bond donors (Lipinski definition) is 0. The van der Waals surface area contributed by atoms with E-state index in [0.717, 1.165) is 18.2 Å². The molecule has 1 spiro atoms. The smallest absolute Gasteiger partial charge is 0.118 e. The first kappa shape index (κ1) is 15.8. The van der Waals surface area contributed by atoms with Gasteiger partial charge >= 0.3 is 0 Å². The van der Waals surface area contributed by atoms with Gasteiger partial charge in [0.25, 0.3) is 0 Å². The molecule has 0 amide bonds. The molecule has 3 nitrogen and oxygen atoms in total. The Morgan fingerprint density at radius 1 is 1.05 bits per heavy atom. The summed E-state index contributed by atoms with van der Waals surface area (Å²) < 4.78 is 5.22. The number of rotatable bonds is 5. The molecule has 3 heteroatoms. The van der Waals surface area contributed by atoms with E-state index in [9.17, 15) is 0 Å². The van der Waals surface area contributed by atoms with Crippen LogP contribution in [0.4, 0.5) is 0 Å². The molecular weight excluding hydrogens is 272 g/mol. The van der Waals surface area contributed by atoms with Crippen molar-refractivity contribution in [3.63, 3.8) is 0 Å². The van der Waals surface area contributed by atoms with E-state index < -0.39 is 0 Å². The highest BCUT2D eigenvalue weighted by atomic mass is 16.5. The molecule has 0 radical (unpaired) electrons. The maximum atomic E-state index is 5.22. The quantitative estimate of drug-likeness (QED) is 0.830. The van der Waals surface area contributed by atoms with Crippen molar-refractivity contribution < 1.29 is 4.74 Å². The van der Waals surface area contributed by atoms with Gasteiger partial charge in [0.2, 0.25) is 0 Å². The Labute approximate surface area is 135 Å². The molecule has 3 rings (SSSR count). The third-order valence-electron chi connectivity index (χ3n) is 5.22. The van der Waals surface area contributed by atoms with Crippen LogP contribution in [0.25, 0.3) is 0 Å². The van der Waals surface area contributed by atoms with E-state index in [1.807, 2.05) is 0 Å². The zero-order valence-electron chi connectivity index (χ0n) is 14.3. The summed E-state index contributed by atoms with van der Waals surface area (Å²) >= 11 is 0. The van der Waals surface area contributed by atoms with Crippen LogP contribution < -0.4 is 4.74 Å². The average Bonchev–Trinajstić information content (AvgIpc) is 2.48. The molecule has 0 N–H and O–H groups in total. The van der Waals surface area contributed by atoms with Crippen LogP contribution in [0.5, 0.6) is 5.75 Å². The van der Waals surface area contributed by atoms with Crippen LogP contribution >= 0.6 is 0 Å². The predicted molar refractivity (Wildman–Crippen MR) is 91.2 cm³/mol. The second kappa shape index (κ2) is 6.59. The second-order valence-corrected chi connectivity index (χ2v) is 7.69. The monoisotopic (exact) mass is 302 g/mol. The molecule has 122 valence electrons. The number of nitrogens with zero attached hydrogens (tertiary/aromatic N) is 2. The summed E-state index contributed by atoms with van der Waals surface area (Å²) in [5.41, 5.74) is 2.02. The lowest BCUT2D eigenvalue weighted by atomic mass is 9.72. The zero-order chi connectivity index (χ0) is 15.6. The maximum Gasteiger partial charge on any atom is 0.118 e. The molecule has 1 aromatic carbocycles. The van der Waals surface area contributed by atoms with Crippen LogP contribution in [0, 0.1) is 11.3 Å². The van der Waals surface area contributed by atoms with Crippen LogP contribution in [0.2, 0.25) is 0 Å². The van der Waals surface area contributed by atoms with Crippen molar-refractivity contribution in [1.29, 1.82) is 0 Å². The zero-order valence-corrected chi connectivity index (χ0v) is 14.3. The van der Waals surface area contributed by atoms with Gasteiger partial charge in [0.15, 0.2) is 0 Å². The van der Waals surface area contributed by atoms with Crippen LogP contribution in [0.15, 0.2) is 24.3 Å². The fraction of sp³-hybridized carbons (Fsp3) is 0.684. The van der Waals surface area contributed by atoms with E-state index in [1.54, 1.807) is 7.11 Å². The van der Waals surface area contributed by atoms with E-state index in [-0.39, 0.29) is 0 Å². The molecule has 0 aromatic heterocycles. The topological polar surface area (TPSA) is 15.7 Å². The maximum absolute atomic E-state index is 5.22. The van der Waals surface area contributed by atoms with Gasteiger partial charge in [-0.3, -0.25) is 4.90 Å². The van der Waals surface area contributed by atoms with Gasteiger partial charge in [0.05, 0.1) is 7.11 Å². The summed E-state index contributed by atoms with van der Waals surface area (Å²) in [6.45, 7) is 12.2. The minimum absolute atomic E-state index is 0.625.